The van der Waals surface area contributed by atoms with Crippen molar-refractivity contribution < 1.29 is 9.90 Å². The summed E-state index contributed by atoms with van der Waals surface area (Å²) in [6.45, 7) is 0.997. The van der Waals surface area contributed by atoms with Crippen molar-refractivity contribution in [1.29, 1.82) is 0 Å². The molecule has 1 amide bonds. The van der Waals surface area contributed by atoms with Gasteiger partial charge in [-0.1, -0.05) is 42.8 Å². The fourth-order valence-corrected chi connectivity index (χ4v) is 5.54. The van der Waals surface area contributed by atoms with Gasteiger partial charge in [-0.3, -0.25) is 4.79 Å². The van der Waals surface area contributed by atoms with Crippen LogP contribution in [0.3, 0.4) is 0 Å². The smallest absolute Gasteiger partial charge is 0.256 e. The van der Waals surface area contributed by atoms with E-state index in [1.54, 1.807) is 17.3 Å². The van der Waals surface area contributed by atoms with Crippen LogP contribution in [0.25, 0.3) is 22.0 Å². The maximum absolute atomic E-state index is 13.2. The molecule has 1 saturated carbocycles. The summed E-state index contributed by atoms with van der Waals surface area (Å²) in [6, 6.07) is 14.6. The van der Waals surface area contributed by atoms with Crippen LogP contribution >= 0.6 is 0 Å². The highest BCUT2D eigenvalue weighted by Crippen LogP contribution is 2.51. The van der Waals surface area contributed by atoms with Crippen LogP contribution in [0, 0.1) is 0 Å². The first-order chi connectivity index (χ1) is 16.5. The molecule has 34 heavy (non-hydrogen) atoms. The molecule has 2 aliphatic rings. The lowest BCUT2D eigenvalue weighted by Crippen LogP contribution is -2.35. The van der Waals surface area contributed by atoms with Crippen LogP contribution in [0.2, 0.25) is 0 Å². The summed E-state index contributed by atoms with van der Waals surface area (Å²) in [4.78, 5) is 26.6. The largest absolute Gasteiger partial charge is 0.391 e. The predicted octanol–water partition coefficient (Wildman–Crippen LogP) is 3.88. The number of carbonyl (C=O) groups excluding carboxylic acids is 1. The first-order valence-electron chi connectivity index (χ1n) is 11.8. The van der Waals surface area contributed by atoms with Gasteiger partial charge >= 0.3 is 0 Å². The van der Waals surface area contributed by atoms with Crippen molar-refractivity contribution in [2.75, 3.05) is 18.8 Å². The minimum atomic E-state index is -0.427. The van der Waals surface area contributed by atoms with Crippen molar-refractivity contribution in [2.24, 2.45) is 0 Å². The number of nitrogen functional groups attached to an aromatic ring is 1. The molecule has 4 N–H and O–H groups in total. The van der Waals surface area contributed by atoms with Crippen LogP contribution in [0.4, 0.5) is 5.95 Å². The Balaban J connectivity index is 1.36. The number of aromatic nitrogens is 3. The number of fused-ring (bicyclic) bond motifs is 1. The van der Waals surface area contributed by atoms with E-state index in [0.29, 0.717) is 25.1 Å². The zero-order valence-electron chi connectivity index (χ0n) is 18.9. The number of anilines is 1. The van der Waals surface area contributed by atoms with Gasteiger partial charge in [-0.05, 0) is 42.0 Å². The Hall–Kier alpha value is -3.71. The number of likely N-dealkylation sites (tertiary alicyclic amines) is 1. The first-order valence-corrected chi connectivity index (χ1v) is 11.8. The van der Waals surface area contributed by atoms with Gasteiger partial charge in [0, 0.05) is 48.0 Å². The number of β-amino-alcohol motifs (C(OH)–C–C–N with tert-alkyl or cyclic N) is 1. The number of nitrogens with zero attached hydrogens (tertiary/aromatic N) is 3. The molecule has 4 aromatic rings. The number of H-pyrrole nitrogens is 1. The summed E-state index contributed by atoms with van der Waals surface area (Å²) >= 11 is 0. The summed E-state index contributed by atoms with van der Waals surface area (Å²) in [6.07, 6.45) is 9.09. The van der Waals surface area contributed by atoms with Crippen LogP contribution < -0.4 is 5.73 Å². The van der Waals surface area contributed by atoms with Crippen LogP contribution in [-0.2, 0) is 5.41 Å². The van der Waals surface area contributed by atoms with Crippen molar-refractivity contribution in [2.45, 2.75) is 37.2 Å². The van der Waals surface area contributed by atoms with E-state index in [0.717, 1.165) is 34.9 Å². The molecule has 7 nitrogen and oxygen atoms in total. The van der Waals surface area contributed by atoms with E-state index in [2.05, 4.69) is 51.5 Å². The number of carbonyl (C=O) groups is 1. The second kappa shape index (κ2) is 7.95. The van der Waals surface area contributed by atoms with E-state index in [4.69, 9.17) is 5.73 Å². The molecule has 1 saturated heterocycles. The molecule has 3 heterocycles. The molecule has 172 valence electrons. The second-order valence-corrected chi connectivity index (χ2v) is 9.47. The average Bonchev–Trinajstić information content (AvgIpc) is 3.46. The quantitative estimate of drug-likeness (QED) is 0.435. The minimum absolute atomic E-state index is 0.0201. The van der Waals surface area contributed by atoms with E-state index in [9.17, 15) is 9.90 Å². The number of nitrogens with two attached hydrogens (primary N) is 1. The fourth-order valence-electron chi connectivity index (χ4n) is 5.54. The molecular formula is C27H27N5O2. The van der Waals surface area contributed by atoms with E-state index < -0.39 is 6.10 Å². The number of nitrogens with one attached hydrogen (secondary N) is 1. The van der Waals surface area contributed by atoms with Crippen molar-refractivity contribution in [3.63, 3.8) is 0 Å². The number of aliphatic hydroxyl groups is 1. The van der Waals surface area contributed by atoms with Gasteiger partial charge in [0.25, 0.3) is 5.91 Å². The Bertz CT molecular complexity index is 1360. The molecule has 2 aromatic heterocycles. The van der Waals surface area contributed by atoms with Gasteiger partial charge < -0.3 is 20.7 Å². The van der Waals surface area contributed by atoms with Crippen LogP contribution in [-0.4, -0.2) is 50.1 Å². The van der Waals surface area contributed by atoms with E-state index in [1.807, 2.05) is 12.1 Å². The molecule has 2 fully saturated rings. The average molecular weight is 454 g/mol. The van der Waals surface area contributed by atoms with Gasteiger partial charge in [0.15, 0.2) is 0 Å². The second-order valence-electron chi connectivity index (χ2n) is 9.47. The van der Waals surface area contributed by atoms with Crippen molar-refractivity contribution in [1.82, 2.24) is 19.9 Å². The Labute approximate surface area is 197 Å². The summed E-state index contributed by atoms with van der Waals surface area (Å²) in [7, 11) is 0. The third kappa shape index (κ3) is 3.27. The number of benzene rings is 2. The number of hydrogen-bond donors (Lipinski definition) is 3. The number of para-hydroxylation sites is 1. The monoisotopic (exact) mass is 453 g/mol. The molecule has 0 bridgehead atoms. The lowest BCUT2D eigenvalue weighted by Gasteiger charge is -2.43. The topological polar surface area (TPSA) is 108 Å². The summed E-state index contributed by atoms with van der Waals surface area (Å²) in [5.41, 5.74) is 11.6. The highest BCUT2D eigenvalue weighted by molar-refractivity contribution is 6.07. The number of aliphatic hydroxyl groups excluding tert-OH is 1. The SMILES string of the molecule is Nc1ncc(-c2ccc(C3(c4c[nH]c5c(C(=O)N6CC[C@H](O)C6)cccc45)CCC3)cc2)cn1. The van der Waals surface area contributed by atoms with Gasteiger partial charge in [0.2, 0.25) is 5.95 Å². The van der Waals surface area contributed by atoms with Gasteiger partial charge in [-0.25, -0.2) is 9.97 Å². The third-order valence-electron chi connectivity index (χ3n) is 7.56. The van der Waals surface area contributed by atoms with Crippen molar-refractivity contribution in [3.05, 3.63) is 77.7 Å². The zero-order chi connectivity index (χ0) is 23.3. The van der Waals surface area contributed by atoms with Crippen LogP contribution in [0.5, 0.6) is 0 Å². The molecule has 0 spiro atoms. The first kappa shape index (κ1) is 20.9. The van der Waals surface area contributed by atoms with Gasteiger partial charge in [-0.15, -0.1) is 0 Å². The standard InChI is InChI=1S/C27H27N5O2/c28-26-30-13-18(14-31-26)17-5-7-19(8-6-17)27(10-2-11-27)23-15-29-24-21(23)3-1-4-22(24)25(34)32-12-9-20(33)16-32/h1,3-8,13-15,20,29,33H,2,9-12,16H2,(H2,28,30,31)/t20-/m0/s1. The zero-order valence-corrected chi connectivity index (χ0v) is 18.9. The maximum atomic E-state index is 13.2. The molecule has 2 aromatic carbocycles. The van der Waals surface area contributed by atoms with Crippen molar-refractivity contribution in [3.8, 4) is 11.1 Å². The summed E-state index contributed by atoms with van der Waals surface area (Å²) < 4.78 is 0. The number of amides is 1. The Kier molecular flexibility index (Phi) is 4.88. The Morgan fingerprint density at radius 3 is 2.50 bits per heavy atom. The van der Waals surface area contributed by atoms with Crippen LogP contribution in [0.1, 0.15) is 47.2 Å². The fraction of sp³-hybridized carbons (Fsp3) is 0.296. The lowest BCUT2D eigenvalue weighted by molar-refractivity contribution is 0.0766. The molecule has 6 rings (SSSR count). The molecular weight excluding hydrogens is 426 g/mol. The van der Waals surface area contributed by atoms with E-state index in [-0.39, 0.29) is 17.3 Å². The van der Waals surface area contributed by atoms with Gasteiger partial charge in [-0.2, -0.15) is 0 Å². The third-order valence-corrected chi connectivity index (χ3v) is 7.56. The van der Waals surface area contributed by atoms with Gasteiger partial charge in [0.05, 0.1) is 17.2 Å². The highest BCUT2D eigenvalue weighted by atomic mass is 16.3. The Morgan fingerprint density at radius 2 is 1.85 bits per heavy atom. The van der Waals surface area contributed by atoms with Crippen LogP contribution in [0.15, 0.2) is 61.1 Å². The lowest BCUT2D eigenvalue weighted by atomic mass is 9.60. The predicted molar refractivity (Wildman–Crippen MR) is 131 cm³/mol. The molecule has 7 heteroatoms. The normalized spacial score (nSPS) is 19.3. The Morgan fingerprint density at radius 1 is 1.09 bits per heavy atom. The molecule has 0 unspecified atom stereocenters. The molecule has 1 atom stereocenters. The number of rotatable bonds is 4. The molecule has 1 aliphatic heterocycles. The summed E-state index contributed by atoms with van der Waals surface area (Å²) in [5, 5.41) is 11.0. The summed E-state index contributed by atoms with van der Waals surface area (Å²) in [5.74, 6) is 0.250. The number of aromatic amines is 1. The minimum Gasteiger partial charge on any atom is -0.391 e. The van der Waals surface area contributed by atoms with E-state index in [1.165, 1.54) is 17.5 Å². The highest BCUT2D eigenvalue weighted by Gasteiger charge is 2.42. The maximum Gasteiger partial charge on any atom is 0.256 e. The van der Waals surface area contributed by atoms with Gasteiger partial charge in [0.1, 0.15) is 0 Å². The molecule has 0 radical (unpaired) electrons. The number of hydrogen-bond acceptors (Lipinski definition) is 5. The van der Waals surface area contributed by atoms with E-state index >= 15 is 0 Å². The molecule has 1 aliphatic carbocycles. The van der Waals surface area contributed by atoms with Crippen molar-refractivity contribution >= 4 is 22.8 Å².